The molecule has 0 aromatic heterocycles. The van der Waals surface area contributed by atoms with E-state index in [0.29, 0.717) is 11.3 Å². The quantitative estimate of drug-likeness (QED) is 0.347. The molecule has 0 radical (unpaired) electrons. The number of nitrogens with zero attached hydrogens (tertiary/aromatic N) is 3. The molecule has 0 fully saturated rings. The number of rotatable bonds is 4. The zero-order valence-corrected chi connectivity index (χ0v) is 14.0. The molecule has 0 unspecified atom stereocenters. The molecule has 0 saturated heterocycles. The third kappa shape index (κ3) is 3.62. The monoisotopic (exact) mass is 369 g/mol. The molecule has 0 aliphatic rings. The van der Waals surface area contributed by atoms with Crippen molar-refractivity contribution in [1.29, 1.82) is 0 Å². The van der Waals surface area contributed by atoms with Crippen molar-refractivity contribution in [2.24, 2.45) is 10.2 Å². The SMILES string of the molecule is O=[N+]([O-])c1cc(-c2cc(Cl)c(O)cc2O)ccc1/N=N/c1ccccc1. The maximum Gasteiger partial charge on any atom is 0.297 e. The average molecular weight is 370 g/mol. The van der Waals surface area contributed by atoms with E-state index in [0.717, 1.165) is 6.07 Å². The summed E-state index contributed by atoms with van der Waals surface area (Å²) in [6.45, 7) is 0. The van der Waals surface area contributed by atoms with Gasteiger partial charge < -0.3 is 10.2 Å². The van der Waals surface area contributed by atoms with Gasteiger partial charge in [0.25, 0.3) is 5.69 Å². The molecule has 2 N–H and O–H groups in total. The molecule has 0 aliphatic carbocycles. The van der Waals surface area contributed by atoms with E-state index >= 15 is 0 Å². The van der Waals surface area contributed by atoms with Crippen LogP contribution in [-0.2, 0) is 0 Å². The summed E-state index contributed by atoms with van der Waals surface area (Å²) in [7, 11) is 0. The molecule has 0 bridgehead atoms. The summed E-state index contributed by atoms with van der Waals surface area (Å²) < 4.78 is 0. The summed E-state index contributed by atoms with van der Waals surface area (Å²) in [5.41, 5.74) is 0.976. The Morgan fingerprint density at radius 2 is 1.65 bits per heavy atom. The van der Waals surface area contributed by atoms with Gasteiger partial charge in [-0.05, 0) is 29.8 Å². The van der Waals surface area contributed by atoms with Gasteiger partial charge in [-0.3, -0.25) is 10.1 Å². The minimum Gasteiger partial charge on any atom is -0.507 e. The van der Waals surface area contributed by atoms with Crippen LogP contribution >= 0.6 is 11.6 Å². The Labute approximate surface area is 153 Å². The van der Waals surface area contributed by atoms with Gasteiger partial charge in [0.05, 0.1) is 15.6 Å². The Bertz CT molecular complexity index is 1010. The van der Waals surface area contributed by atoms with Crippen LogP contribution in [0.3, 0.4) is 0 Å². The van der Waals surface area contributed by atoms with Gasteiger partial charge in [-0.1, -0.05) is 35.9 Å². The van der Waals surface area contributed by atoms with E-state index in [-0.39, 0.29) is 33.5 Å². The zero-order valence-electron chi connectivity index (χ0n) is 13.2. The van der Waals surface area contributed by atoms with E-state index in [2.05, 4.69) is 10.2 Å². The van der Waals surface area contributed by atoms with Crippen LogP contribution in [0.2, 0.25) is 5.02 Å². The number of phenolic OH excluding ortho intramolecular Hbond substituents is 2. The van der Waals surface area contributed by atoms with E-state index in [4.69, 9.17) is 11.6 Å². The predicted molar refractivity (Wildman–Crippen MR) is 97.5 cm³/mol. The Kier molecular flexibility index (Phi) is 4.81. The molecule has 0 amide bonds. The fourth-order valence-electron chi connectivity index (χ4n) is 2.31. The molecule has 0 saturated carbocycles. The molecular formula is C18H12ClN3O4. The van der Waals surface area contributed by atoms with Crippen molar-refractivity contribution in [2.75, 3.05) is 0 Å². The van der Waals surface area contributed by atoms with Crippen LogP contribution in [0.4, 0.5) is 17.1 Å². The van der Waals surface area contributed by atoms with E-state index in [1.54, 1.807) is 30.3 Å². The van der Waals surface area contributed by atoms with Crippen LogP contribution in [0.5, 0.6) is 11.5 Å². The van der Waals surface area contributed by atoms with Crippen LogP contribution in [-0.4, -0.2) is 15.1 Å². The van der Waals surface area contributed by atoms with Gasteiger partial charge in [0.15, 0.2) is 5.69 Å². The highest BCUT2D eigenvalue weighted by atomic mass is 35.5. The molecule has 130 valence electrons. The zero-order chi connectivity index (χ0) is 18.7. The molecule has 3 aromatic carbocycles. The van der Waals surface area contributed by atoms with Gasteiger partial charge in [0, 0.05) is 17.7 Å². The maximum absolute atomic E-state index is 11.4. The molecular weight excluding hydrogens is 358 g/mol. The smallest absolute Gasteiger partial charge is 0.297 e. The fraction of sp³-hybridized carbons (Fsp3) is 0. The van der Waals surface area contributed by atoms with Crippen LogP contribution in [0.1, 0.15) is 0 Å². The minimum absolute atomic E-state index is 0.0216. The van der Waals surface area contributed by atoms with Crippen LogP contribution in [0.15, 0.2) is 70.9 Å². The van der Waals surface area contributed by atoms with E-state index in [9.17, 15) is 20.3 Å². The van der Waals surface area contributed by atoms with Crippen molar-refractivity contribution in [3.63, 3.8) is 0 Å². The number of hydrogen-bond acceptors (Lipinski definition) is 6. The number of benzene rings is 3. The second-order valence-corrected chi connectivity index (χ2v) is 5.72. The van der Waals surface area contributed by atoms with Gasteiger partial charge in [0.1, 0.15) is 11.5 Å². The summed E-state index contributed by atoms with van der Waals surface area (Å²) >= 11 is 5.86. The first kappa shape index (κ1) is 17.4. The second-order valence-electron chi connectivity index (χ2n) is 5.32. The summed E-state index contributed by atoms with van der Waals surface area (Å²) in [6, 6.07) is 15.5. The van der Waals surface area contributed by atoms with Crippen LogP contribution < -0.4 is 0 Å². The van der Waals surface area contributed by atoms with Crippen molar-refractivity contribution in [3.05, 3.63) is 75.8 Å². The van der Waals surface area contributed by atoms with Gasteiger partial charge in [-0.15, -0.1) is 5.11 Å². The Balaban J connectivity index is 2.04. The van der Waals surface area contributed by atoms with Crippen molar-refractivity contribution in [2.45, 2.75) is 0 Å². The first-order valence-electron chi connectivity index (χ1n) is 7.43. The normalized spacial score (nSPS) is 11.0. The standard InChI is InChI=1S/C18H12ClN3O4/c19-14-9-13(17(23)10-18(14)24)11-6-7-15(16(8-11)22(25)26)21-20-12-4-2-1-3-5-12/h1-10,23-24H/b21-20+. The van der Waals surface area contributed by atoms with E-state index in [1.807, 2.05) is 6.07 Å². The Hall–Kier alpha value is -3.45. The summed E-state index contributed by atoms with van der Waals surface area (Å²) in [6.07, 6.45) is 0. The van der Waals surface area contributed by atoms with Crippen LogP contribution in [0, 0.1) is 10.1 Å². The number of aromatic hydroxyl groups is 2. The highest BCUT2D eigenvalue weighted by Gasteiger charge is 2.17. The van der Waals surface area contributed by atoms with Crippen LogP contribution in [0.25, 0.3) is 11.1 Å². The molecule has 0 spiro atoms. The topological polar surface area (TPSA) is 108 Å². The molecule has 8 heteroatoms. The summed E-state index contributed by atoms with van der Waals surface area (Å²) in [5, 5.41) is 38.8. The highest BCUT2D eigenvalue weighted by Crippen LogP contribution is 2.40. The van der Waals surface area contributed by atoms with E-state index in [1.165, 1.54) is 18.2 Å². The summed E-state index contributed by atoms with van der Waals surface area (Å²) in [4.78, 5) is 10.8. The number of halogens is 1. The lowest BCUT2D eigenvalue weighted by atomic mass is 10.0. The fourth-order valence-corrected chi connectivity index (χ4v) is 2.47. The third-order valence-corrected chi connectivity index (χ3v) is 3.88. The number of hydrogen-bond donors (Lipinski definition) is 2. The Morgan fingerprint density at radius 1 is 0.923 bits per heavy atom. The van der Waals surface area contributed by atoms with Gasteiger partial charge in [-0.2, -0.15) is 5.11 Å². The first-order valence-corrected chi connectivity index (χ1v) is 7.80. The molecule has 0 atom stereocenters. The molecule has 3 rings (SSSR count). The first-order chi connectivity index (χ1) is 12.5. The Morgan fingerprint density at radius 3 is 2.35 bits per heavy atom. The molecule has 7 nitrogen and oxygen atoms in total. The lowest BCUT2D eigenvalue weighted by Gasteiger charge is -2.07. The summed E-state index contributed by atoms with van der Waals surface area (Å²) in [5.74, 6) is -0.532. The maximum atomic E-state index is 11.4. The second kappa shape index (κ2) is 7.20. The molecule has 0 heterocycles. The van der Waals surface area contributed by atoms with Crippen molar-refractivity contribution >= 4 is 28.7 Å². The number of phenols is 2. The highest BCUT2D eigenvalue weighted by molar-refractivity contribution is 6.32. The van der Waals surface area contributed by atoms with E-state index < -0.39 is 4.92 Å². The van der Waals surface area contributed by atoms with Gasteiger partial charge >= 0.3 is 0 Å². The lowest BCUT2D eigenvalue weighted by molar-refractivity contribution is -0.384. The average Bonchev–Trinajstić information content (AvgIpc) is 2.63. The molecule has 26 heavy (non-hydrogen) atoms. The molecule has 0 aliphatic heterocycles. The largest absolute Gasteiger partial charge is 0.507 e. The predicted octanol–water partition coefficient (Wildman–Crippen LogP) is 5.74. The number of nitro groups is 1. The third-order valence-electron chi connectivity index (χ3n) is 3.58. The number of nitro benzene ring substituents is 1. The van der Waals surface area contributed by atoms with Gasteiger partial charge in [-0.25, -0.2) is 0 Å². The lowest BCUT2D eigenvalue weighted by Crippen LogP contribution is -1.90. The number of azo groups is 1. The van der Waals surface area contributed by atoms with Crippen molar-refractivity contribution < 1.29 is 15.1 Å². The van der Waals surface area contributed by atoms with Crippen molar-refractivity contribution in [3.8, 4) is 22.6 Å². The van der Waals surface area contributed by atoms with Gasteiger partial charge in [0.2, 0.25) is 0 Å². The van der Waals surface area contributed by atoms with Crippen molar-refractivity contribution in [1.82, 2.24) is 0 Å². The minimum atomic E-state index is -0.581. The molecule has 3 aromatic rings.